The summed E-state index contributed by atoms with van der Waals surface area (Å²) >= 11 is 0. The summed E-state index contributed by atoms with van der Waals surface area (Å²) in [4.78, 5) is 36.4. The zero-order valence-corrected chi connectivity index (χ0v) is 14.8. The van der Waals surface area contributed by atoms with Crippen molar-refractivity contribution in [2.75, 3.05) is 7.11 Å². The Balaban J connectivity index is 2.11. The molecule has 2 amide bonds. The van der Waals surface area contributed by atoms with Crippen molar-refractivity contribution in [1.29, 1.82) is 0 Å². The van der Waals surface area contributed by atoms with Crippen LogP contribution in [0.4, 0.5) is 0 Å². The number of esters is 1. The highest BCUT2D eigenvalue weighted by molar-refractivity contribution is 5.88. The van der Waals surface area contributed by atoms with E-state index in [1.54, 1.807) is 0 Å². The molecule has 1 atom stereocenters. The summed E-state index contributed by atoms with van der Waals surface area (Å²) in [5, 5.41) is 5.70. The fourth-order valence-electron chi connectivity index (χ4n) is 3.42. The Morgan fingerprint density at radius 3 is 2.32 bits per heavy atom. The lowest BCUT2D eigenvalue weighted by Crippen LogP contribution is -2.56. The Morgan fingerprint density at radius 1 is 1.12 bits per heavy atom. The van der Waals surface area contributed by atoms with Gasteiger partial charge in [0, 0.05) is 6.92 Å². The first-order chi connectivity index (χ1) is 12.0. The number of hydrogen-bond donors (Lipinski definition) is 2. The maximum atomic E-state index is 12.6. The molecular weight excluding hydrogens is 320 g/mol. The summed E-state index contributed by atoms with van der Waals surface area (Å²) in [5.74, 6) is -0.867. The van der Waals surface area contributed by atoms with E-state index in [-0.39, 0.29) is 18.2 Å². The Kier molecular flexibility index (Phi) is 6.56. The van der Waals surface area contributed by atoms with E-state index in [1.807, 2.05) is 30.3 Å². The Hall–Kier alpha value is -2.37. The minimum atomic E-state index is -0.943. The molecule has 0 aliphatic heterocycles. The molecule has 0 spiro atoms. The van der Waals surface area contributed by atoms with Crippen molar-refractivity contribution in [3.63, 3.8) is 0 Å². The van der Waals surface area contributed by atoms with Gasteiger partial charge in [0.15, 0.2) is 0 Å². The first-order valence-corrected chi connectivity index (χ1v) is 8.68. The topological polar surface area (TPSA) is 84.5 Å². The molecule has 1 fully saturated rings. The van der Waals surface area contributed by atoms with Crippen LogP contribution < -0.4 is 10.6 Å². The maximum Gasteiger partial charge on any atom is 0.331 e. The number of benzene rings is 1. The van der Waals surface area contributed by atoms with Crippen molar-refractivity contribution < 1.29 is 19.1 Å². The average molecular weight is 346 g/mol. The second kappa shape index (κ2) is 8.65. The van der Waals surface area contributed by atoms with Crippen molar-refractivity contribution in [3.8, 4) is 0 Å². The molecule has 1 aromatic carbocycles. The van der Waals surface area contributed by atoms with E-state index in [4.69, 9.17) is 4.74 Å². The zero-order chi connectivity index (χ0) is 18.3. The lowest BCUT2D eigenvalue weighted by atomic mass is 9.81. The van der Waals surface area contributed by atoms with Crippen molar-refractivity contribution in [3.05, 3.63) is 35.9 Å². The van der Waals surface area contributed by atoms with Gasteiger partial charge in [0.25, 0.3) is 0 Å². The smallest absolute Gasteiger partial charge is 0.331 e. The van der Waals surface area contributed by atoms with Gasteiger partial charge in [0.2, 0.25) is 11.8 Å². The number of ether oxygens (including phenoxy) is 1. The minimum absolute atomic E-state index is 0.0718. The molecule has 6 heteroatoms. The molecule has 1 saturated carbocycles. The Bertz CT molecular complexity index is 609. The highest BCUT2D eigenvalue weighted by Crippen LogP contribution is 2.30. The molecule has 0 radical (unpaired) electrons. The molecule has 25 heavy (non-hydrogen) atoms. The molecule has 1 aliphatic rings. The number of rotatable bonds is 6. The van der Waals surface area contributed by atoms with Crippen LogP contribution in [0.3, 0.4) is 0 Å². The van der Waals surface area contributed by atoms with E-state index >= 15 is 0 Å². The molecule has 2 N–H and O–H groups in total. The van der Waals surface area contributed by atoms with Crippen LogP contribution in [0.25, 0.3) is 0 Å². The monoisotopic (exact) mass is 346 g/mol. The molecule has 0 bridgehead atoms. The van der Waals surface area contributed by atoms with Crippen LogP contribution in [0, 0.1) is 0 Å². The molecule has 2 rings (SSSR count). The van der Waals surface area contributed by atoms with Crippen LogP contribution in [0.15, 0.2) is 30.3 Å². The minimum Gasteiger partial charge on any atom is -0.467 e. The van der Waals surface area contributed by atoms with Crippen LogP contribution in [0.5, 0.6) is 0 Å². The molecule has 6 nitrogen and oxygen atoms in total. The normalized spacial score (nSPS) is 17.2. The van der Waals surface area contributed by atoms with Gasteiger partial charge in [-0.25, -0.2) is 4.79 Å². The van der Waals surface area contributed by atoms with Crippen LogP contribution in [0.2, 0.25) is 0 Å². The lowest BCUT2D eigenvalue weighted by Gasteiger charge is -2.35. The third-order valence-electron chi connectivity index (χ3n) is 4.63. The SMILES string of the molecule is COC(=O)C1(NC(=O)CC(NC(C)=O)c2ccccc2)CCCCC1. The number of methoxy groups -OCH3 is 1. The van der Waals surface area contributed by atoms with Gasteiger partial charge in [-0.15, -0.1) is 0 Å². The van der Waals surface area contributed by atoms with E-state index in [0.29, 0.717) is 12.8 Å². The fourth-order valence-corrected chi connectivity index (χ4v) is 3.42. The second-order valence-corrected chi connectivity index (χ2v) is 6.55. The maximum absolute atomic E-state index is 12.6. The average Bonchev–Trinajstić information content (AvgIpc) is 2.61. The van der Waals surface area contributed by atoms with Gasteiger partial charge >= 0.3 is 5.97 Å². The van der Waals surface area contributed by atoms with Gasteiger partial charge in [0.05, 0.1) is 19.6 Å². The van der Waals surface area contributed by atoms with Crippen molar-refractivity contribution >= 4 is 17.8 Å². The summed E-state index contributed by atoms with van der Waals surface area (Å²) in [7, 11) is 1.34. The predicted octanol–water partition coefficient (Wildman–Crippen LogP) is 2.25. The van der Waals surface area contributed by atoms with E-state index in [2.05, 4.69) is 10.6 Å². The third-order valence-corrected chi connectivity index (χ3v) is 4.63. The summed E-state index contributed by atoms with van der Waals surface area (Å²) in [6, 6.07) is 8.90. The first kappa shape index (κ1) is 19.0. The van der Waals surface area contributed by atoms with Gasteiger partial charge in [-0.2, -0.15) is 0 Å². The van der Waals surface area contributed by atoms with Crippen LogP contribution in [0.1, 0.15) is 57.1 Å². The molecule has 136 valence electrons. The number of hydrogen-bond acceptors (Lipinski definition) is 4. The third kappa shape index (κ3) is 5.05. The molecule has 1 unspecified atom stereocenters. The van der Waals surface area contributed by atoms with Crippen molar-refractivity contribution in [1.82, 2.24) is 10.6 Å². The Labute approximate surface area is 148 Å². The van der Waals surface area contributed by atoms with Gasteiger partial charge in [-0.05, 0) is 18.4 Å². The molecule has 0 heterocycles. The lowest BCUT2D eigenvalue weighted by molar-refractivity contribution is -0.152. The fraction of sp³-hybridized carbons (Fsp3) is 0.526. The van der Waals surface area contributed by atoms with E-state index in [1.165, 1.54) is 14.0 Å². The highest BCUT2D eigenvalue weighted by Gasteiger charge is 2.42. The highest BCUT2D eigenvalue weighted by atomic mass is 16.5. The summed E-state index contributed by atoms with van der Waals surface area (Å²) in [6.07, 6.45) is 4.05. The molecule has 0 saturated heterocycles. The van der Waals surface area contributed by atoms with E-state index in [9.17, 15) is 14.4 Å². The molecule has 1 aliphatic carbocycles. The first-order valence-electron chi connectivity index (χ1n) is 8.68. The van der Waals surface area contributed by atoms with Gasteiger partial charge in [0.1, 0.15) is 5.54 Å². The van der Waals surface area contributed by atoms with Crippen molar-refractivity contribution in [2.45, 2.75) is 57.0 Å². The quantitative estimate of drug-likeness (QED) is 0.774. The van der Waals surface area contributed by atoms with Gasteiger partial charge in [-0.1, -0.05) is 49.6 Å². The van der Waals surface area contributed by atoms with E-state index in [0.717, 1.165) is 24.8 Å². The van der Waals surface area contributed by atoms with Crippen LogP contribution in [-0.2, 0) is 19.1 Å². The predicted molar refractivity (Wildman–Crippen MR) is 93.6 cm³/mol. The second-order valence-electron chi connectivity index (χ2n) is 6.55. The summed E-state index contributed by atoms with van der Waals surface area (Å²) in [6.45, 7) is 1.42. The number of amides is 2. The summed E-state index contributed by atoms with van der Waals surface area (Å²) in [5.41, 5.74) is -0.0923. The Morgan fingerprint density at radius 2 is 1.76 bits per heavy atom. The molecular formula is C19H26N2O4. The molecule has 0 aromatic heterocycles. The molecule has 1 aromatic rings. The van der Waals surface area contributed by atoms with E-state index < -0.39 is 17.6 Å². The summed E-state index contributed by atoms with van der Waals surface area (Å²) < 4.78 is 4.92. The van der Waals surface area contributed by atoms with Crippen LogP contribution in [-0.4, -0.2) is 30.4 Å². The van der Waals surface area contributed by atoms with Gasteiger partial charge in [-0.3, -0.25) is 9.59 Å². The van der Waals surface area contributed by atoms with Gasteiger partial charge < -0.3 is 15.4 Å². The standard InChI is InChI=1S/C19H26N2O4/c1-14(22)20-16(15-9-5-3-6-10-15)13-17(23)21-19(18(24)25-2)11-7-4-8-12-19/h3,5-6,9-10,16H,4,7-8,11-13H2,1-2H3,(H,20,22)(H,21,23). The van der Waals surface area contributed by atoms with Crippen molar-refractivity contribution in [2.24, 2.45) is 0 Å². The zero-order valence-electron chi connectivity index (χ0n) is 14.8. The number of carbonyl (C=O) groups excluding carboxylic acids is 3. The van der Waals surface area contributed by atoms with Crippen LogP contribution >= 0.6 is 0 Å². The largest absolute Gasteiger partial charge is 0.467 e. The number of nitrogens with one attached hydrogen (secondary N) is 2. The number of carbonyl (C=O) groups is 3.